The topological polar surface area (TPSA) is 44.8 Å². The Balaban J connectivity index is 1.51. The first-order valence-electron chi connectivity index (χ1n) is 7.62. The van der Waals surface area contributed by atoms with Crippen LogP contribution in [-0.4, -0.2) is 68.1 Å². The van der Waals surface area contributed by atoms with Crippen LogP contribution in [-0.2, 0) is 11.2 Å². The summed E-state index contributed by atoms with van der Waals surface area (Å²) in [4.78, 5) is 16.8. The molecular formula is C16H23N3O2. The van der Waals surface area contributed by atoms with Crippen molar-refractivity contribution in [1.29, 1.82) is 0 Å². The number of amides is 1. The van der Waals surface area contributed by atoms with Gasteiger partial charge in [-0.25, -0.2) is 0 Å². The third-order valence-corrected chi connectivity index (χ3v) is 4.42. The van der Waals surface area contributed by atoms with Gasteiger partial charge in [-0.05, 0) is 6.07 Å². The summed E-state index contributed by atoms with van der Waals surface area (Å²) in [6.07, 6.45) is 0.429. The highest BCUT2D eigenvalue weighted by Gasteiger charge is 2.35. The Morgan fingerprint density at radius 2 is 2.00 bits per heavy atom. The molecule has 5 nitrogen and oxygen atoms in total. The van der Waals surface area contributed by atoms with Crippen LogP contribution >= 0.6 is 0 Å². The number of hydrogen-bond donors (Lipinski definition) is 1. The molecule has 1 amide bonds. The van der Waals surface area contributed by atoms with Gasteiger partial charge < -0.3 is 15.0 Å². The maximum Gasteiger partial charge on any atom is 0.227 e. The van der Waals surface area contributed by atoms with Crippen LogP contribution in [0.5, 0.6) is 5.75 Å². The van der Waals surface area contributed by atoms with E-state index in [1.807, 2.05) is 29.2 Å². The summed E-state index contributed by atoms with van der Waals surface area (Å²) in [5.41, 5.74) is 0.968. The molecule has 1 aromatic carbocycles. The number of piperazine rings is 1. The number of likely N-dealkylation sites (tertiary alicyclic amines) is 1. The standard InChI is InChI=1S/C16H23N3O2/c1-21-15-5-3-2-4-13(15)10-16(20)19-11-14(12-19)18-8-6-17-7-9-18/h2-5,14,17H,6-12H2,1H3. The molecule has 2 aliphatic rings. The Morgan fingerprint density at radius 1 is 1.29 bits per heavy atom. The first kappa shape index (κ1) is 14.4. The van der Waals surface area contributed by atoms with E-state index in [0.717, 1.165) is 50.6 Å². The fourth-order valence-electron chi connectivity index (χ4n) is 3.06. The number of carbonyl (C=O) groups excluding carboxylic acids is 1. The average molecular weight is 289 g/mol. The van der Waals surface area contributed by atoms with E-state index in [-0.39, 0.29) is 5.91 Å². The lowest BCUT2D eigenvalue weighted by atomic mass is 10.0. The van der Waals surface area contributed by atoms with E-state index in [0.29, 0.717) is 12.5 Å². The lowest BCUT2D eigenvalue weighted by molar-refractivity contribution is -0.138. The molecule has 0 aliphatic carbocycles. The van der Waals surface area contributed by atoms with Crippen molar-refractivity contribution in [3.05, 3.63) is 29.8 Å². The van der Waals surface area contributed by atoms with Crippen molar-refractivity contribution in [2.24, 2.45) is 0 Å². The maximum absolute atomic E-state index is 12.3. The van der Waals surface area contributed by atoms with Crippen molar-refractivity contribution in [2.45, 2.75) is 12.5 Å². The Bertz CT molecular complexity index is 494. The number of carbonyl (C=O) groups is 1. The van der Waals surface area contributed by atoms with Crippen LogP contribution in [0.4, 0.5) is 0 Å². The third kappa shape index (κ3) is 3.19. The van der Waals surface area contributed by atoms with Gasteiger partial charge in [0.05, 0.1) is 13.5 Å². The van der Waals surface area contributed by atoms with Gasteiger partial charge in [-0.1, -0.05) is 18.2 Å². The van der Waals surface area contributed by atoms with E-state index in [4.69, 9.17) is 4.74 Å². The molecule has 5 heteroatoms. The van der Waals surface area contributed by atoms with Crippen LogP contribution in [0.1, 0.15) is 5.56 Å². The number of benzene rings is 1. The number of rotatable bonds is 4. The summed E-state index contributed by atoms with van der Waals surface area (Å²) in [6.45, 7) is 6.05. The van der Waals surface area contributed by atoms with Gasteiger partial charge in [-0.3, -0.25) is 9.69 Å². The van der Waals surface area contributed by atoms with Gasteiger partial charge in [-0.15, -0.1) is 0 Å². The van der Waals surface area contributed by atoms with Crippen LogP contribution in [0.25, 0.3) is 0 Å². The number of nitrogens with one attached hydrogen (secondary N) is 1. The monoisotopic (exact) mass is 289 g/mol. The molecule has 2 fully saturated rings. The minimum Gasteiger partial charge on any atom is -0.496 e. The first-order chi connectivity index (χ1) is 10.3. The predicted octanol–water partition coefficient (Wildman–Crippen LogP) is 0.354. The van der Waals surface area contributed by atoms with Crippen molar-refractivity contribution in [3.63, 3.8) is 0 Å². The molecule has 0 bridgehead atoms. The molecule has 21 heavy (non-hydrogen) atoms. The number of methoxy groups -OCH3 is 1. The average Bonchev–Trinajstić information content (AvgIpc) is 2.47. The summed E-state index contributed by atoms with van der Waals surface area (Å²) in [5.74, 6) is 0.996. The van der Waals surface area contributed by atoms with E-state index in [9.17, 15) is 4.79 Å². The van der Waals surface area contributed by atoms with E-state index in [1.54, 1.807) is 7.11 Å². The molecule has 0 spiro atoms. The predicted molar refractivity (Wildman–Crippen MR) is 81.5 cm³/mol. The van der Waals surface area contributed by atoms with Gasteiger partial charge in [0.15, 0.2) is 0 Å². The van der Waals surface area contributed by atoms with E-state index < -0.39 is 0 Å². The molecule has 3 rings (SSSR count). The molecule has 2 aliphatic heterocycles. The second-order valence-electron chi connectivity index (χ2n) is 5.73. The number of nitrogens with zero attached hydrogens (tertiary/aromatic N) is 2. The smallest absolute Gasteiger partial charge is 0.227 e. The van der Waals surface area contributed by atoms with Crippen molar-refractivity contribution in [3.8, 4) is 5.75 Å². The van der Waals surface area contributed by atoms with Gasteiger partial charge in [0.1, 0.15) is 5.75 Å². The number of para-hydroxylation sites is 1. The SMILES string of the molecule is COc1ccccc1CC(=O)N1CC(N2CCNCC2)C1. The van der Waals surface area contributed by atoms with Gasteiger partial charge >= 0.3 is 0 Å². The summed E-state index contributed by atoms with van der Waals surface area (Å²) in [7, 11) is 1.65. The lowest BCUT2D eigenvalue weighted by Gasteiger charge is -2.46. The van der Waals surface area contributed by atoms with Crippen LogP contribution in [0.3, 0.4) is 0 Å². The fourth-order valence-corrected chi connectivity index (χ4v) is 3.06. The van der Waals surface area contributed by atoms with Gasteiger partial charge in [-0.2, -0.15) is 0 Å². The van der Waals surface area contributed by atoms with Crippen molar-refractivity contribution < 1.29 is 9.53 Å². The molecule has 1 aromatic rings. The molecule has 2 heterocycles. The van der Waals surface area contributed by atoms with E-state index in [2.05, 4.69) is 10.2 Å². The van der Waals surface area contributed by atoms with Gasteiger partial charge in [0, 0.05) is 50.9 Å². The Labute approximate surface area is 125 Å². The second-order valence-corrected chi connectivity index (χ2v) is 5.73. The molecular weight excluding hydrogens is 266 g/mol. The third-order valence-electron chi connectivity index (χ3n) is 4.42. The van der Waals surface area contributed by atoms with Crippen LogP contribution < -0.4 is 10.1 Å². The Kier molecular flexibility index (Phi) is 4.41. The zero-order chi connectivity index (χ0) is 14.7. The van der Waals surface area contributed by atoms with Crippen LogP contribution in [0.2, 0.25) is 0 Å². The fraction of sp³-hybridized carbons (Fsp3) is 0.562. The molecule has 114 valence electrons. The van der Waals surface area contributed by atoms with E-state index >= 15 is 0 Å². The molecule has 0 unspecified atom stereocenters. The second kappa shape index (κ2) is 6.45. The minimum absolute atomic E-state index is 0.200. The highest BCUT2D eigenvalue weighted by Crippen LogP contribution is 2.21. The normalized spacial score (nSPS) is 20.1. The number of ether oxygens (including phenoxy) is 1. The lowest BCUT2D eigenvalue weighted by Crippen LogP contribution is -2.64. The molecule has 2 saturated heterocycles. The summed E-state index contributed by atoms with van der Waals surface area (Å²) in [5, 5.41) is 3.36. The van der Waals surface area contributed by atoms with Gasteiger partial charge in [0.2, 0.25) is 5.91 Å². The van der Waals surface area contributed by atoms with Crippen LogP contribution in [0.15, 0.2) is 24.3 Å². The summed E-state index contributed by atoms with van der Waals surface area (Å²) < 4.78 is 5.31. The quantitative estimate of drug-likeness (QED) is 0.869. The molecule has 0 aromatic heterocycles. The van der Waals surface area contributed by atoms with Crippen molar-refractivity contribution in [1.82, 2.24) is 15.1 Å². The molecule has 0 saturated carbocycles. The summed E-state index contributed by atoms with van der Waals surface area (Å²) >= 11 is 0. The zero-order valence-corrected chi connectivity index (χ0v) is 12.5. The number of hydrogen-bond acceptors (Lipinski definition) is 4. The molecule has 0 atom stereocenters. The van der Waals surface area contributed by atoms with Crippen molar-refractivity contribution >= 4 is 5.91 Å². The Hall–Kier alpha value is -1.59. The highest BCUT2D eigenvalue weighted by atomic mass is 16.5. The van der Waals surface area contributed by atoms with Crippen molar-refractivity contribution in [2.75, 3.05) is 46.4 Å². The first-order valence-corrected chi connectivity index (χ1v) is 7.62. The van der Waals surface area contributed by atoms with Crippen LogP contribution in [0, 0.1) is 0 Å². The summed E-state index contributed by atoms with van der Waals surface area (Å²) in [6, 6.07) is 8.29. The largest absolute Gasteiger partial charge is 0.496 e. The van der Waals surface area contributed by atoms with E-state index in [1.165, 1.54) is 0 Å². The maximum atomic E-state index is 12.3. The molecule has 1 N–H and O–H groups in total. The van der Waals surface area contributed by atoms with Gasteiger partial charge in [0.25, 0.3) is 0 Å². The Morgan fingerprint density at radius 3 is 2.71 bits per heavy atom. The minimum atomic E-state index is 0.200. The zero-order valence-electron chi connectivity index (χ0n) is 12.5. The molecule has 0 radical (unpaired) electrons. The highest BCUT2D eigenvalue weighted by molar-refractivity contribution is 5.80.